The largest absolute Gasteiger partial charge is 0.398 e. The van der Waals surface area contributed by atoms with Crippen molar-refractivity contribution in [1.82, 2.24) is 0 Å². The second-order valence-corrected chi connectivity index (χ2v) is 4.75. The lowest BCUT2D eigenvalue weighted by Crippen LogP contribution is -2.11. The molecule has 0 aromatic heterocycles. The van der Waals surface area contributed by atoms with Crippen molar-refractivity contribution >= 4 is 27.4 Å². The van der Waals surface area contributed by atoms with E-state index in [1.807, 2.05) is 0 Å². The maximum atomic E-state index is 11.1. The topological polar surface area (TPSA) is 109 Å². The molecular weight excluding hydrogens is 232 g/mol. The molecule has 0 bridgehead atoms. The average Bonchev–Trinajstić information content (AvgIpc) is 2.08. The zero-order valence-corrected chi connectivity index (χ0v) is 9.63. The molecule has 0 aliphatic rings. The molecule has 0 radical (unpaired) electrons. The minimum atomic E-state index is -4.39. The van der Waals surface area contributed by atoms with Crippen LogP contribution in [-0.4, -0.2) is 18.9 Å². The Kier molecular flexibility index (Phi) is 3.20. The van der Waals surface area contributed by atoms with Crippen molar-refractivity contribution in [2.24, 2.45) is 0 Å². The molecule has 16 heavy (non-hydrogen) atoms. The molecule has 6 nitrogen and oxygen atoms in total. The van der Waals surface area contributed by atoms with Crippen molar-refractivity contribution in [3.05, 3.63) is 17.7 Å². The molecule has 0 spiro atoms. The Bertz CT molecular complexity index is 537. The van der Waals surface area contributed by atoms with E-state index in [1.165, 1.54) is 19.1 Å². The van der Waals surface area contributed by atoms with Gasteiger partial charge in [-0.1, -0.05) is 0 Å². The van der Waals surface area contributed by atoms with Gasteiger partial charge >= 0.3 is 0 Å². The number of hydrogen-bond acceptors (Lipinski definition) is 4. The summed E-state index contributed by atoms with van der Waals surface area (Å²) in [6, 6.07) is 2.50. The number of nitrogens with one attached hydrogen (secondary N) is 1. The van der Waals surface area contributed by atoms with Crippen molar-refractivity contribution in [3.63, 3.8) is 0 Å². The van der Waals surface area contributed by atoms with Crippen LogP contribution in [0.15, 0.2) is 17.0 Å². The molecule has 0 saturated carbocycles. The predicted molar refractivity (Wildman–Crippen MR) is 59.7 cm³/mol. The highest BCUT2D eigenvalue weighted by atomic mass is 32.2. The molecule has 0 aliphatic heterocycles. The van der Waals surface area contributed by atoms with Crippen LogP contribution in [0.3, 0.4) is 0 Å². The van der Waals surface area contributed by atoms with Crippen LogP contribution in [0.4, 0.5) is 11.4 Å². The molecule has 4 N–H and O–H groups in total. The van der Waals surface area contributed by atoms with Gasteiger partial charge in [0.05, 0.1) is 5.69 Å². The van der Waals surface area contributed by atoms with Gasteiger partial charge in [0.15, 0.2) is 0 Å². The number of nitrogens with two attached hydrogens (primary N) is 1. The first-order valence-corrected chi connectivity index (χ1v) is 5.81. The molecule has 7 heteroatoms. The van der Waals surface area contributed by atoms with Gasteiger partial charge in [-0.15, -0.1) is 0 Å². The fourth-order valence-electron chi connectivity index (χ4n) is 1.20. The zero-order valence-electron chi connectivity index (χ0n) is 8.81. The van der Waals surface area contributed by atoms with Crippen molar-refractivity contribution in [2.45, 2.75) is 18.7 Å². The summed E-state index contributed by atoms with van der Waals surface area (Å²) in [4.78, 5) is 10.5. The third-order valence-electron chi connectivity index (χ3n) is 1.96. The predicted octanol–water partition coefficient (Wildman–Crippen LogP) is 0.782. The maximum absolute atomic E-state index is 11.1. The number of hydrogen-bond donors (Lipinski definition) is 3. The first kappa shape index (κ1) is 12.5. The molecular formula is C9H12N2O4S. The highest BCUT2D eigenvalue weighted by Crippen LogP contribution is 2.26. The second kappa shape index (κ2) is 4.11. The number of carbonyl (C=O) groups excluding carboxylic acids is 1. The number of carbonyl (C=O) groups is 1. The summed E-state index contributed by atoms with van der Waals surface area (Å²) in [5.41, 5.74) is 6.38. The van der Waals surface area contributed by atoms with Crippen LogP contribution in [-0.2, 0) is 14.9 Å². The van der Waals surface area contributed by atoms with Crippen LogP contribution in [0.2, 0.25) is 0 Å². The van der Waals surface area contributed by atoms with E-state index in [-0.39, 0.29) is 10.6 Å². The summed E-state index contributed by atoms with van der Waals surface area (Å²) in [5, 5.41) is 2.29. The summed E-state index contributed by atoms with van der Waals surface area (Å²) in [7, 11) is -4.39. The number of aryl methyl sites for hydroxylation is 1. The third-order valence-corrected chi connectivity index (χ3v) is 2.85. The molecule has 0 unspecified atom stereocenters. The molecule has 0 saturated heterocycles. The van der Waals surface area contributed by atoms with E-state index in [9.17, 15) is 13.2 Å². The van der Waals surface area contributed by atoms with Crippen molar-refractivity contribution in [3.8, 4) is 0 Å². The van der Waals surface area contributed by atoms with E-state index >= 15 is 0 Å². The average molecular weight is 244 g/mol. The minimum absolute atomic E-state index is 0.0295. The van der Waals surface area contributed by atoms with Crippen LogP contribution in [0, 0.1) is 6.92 Å². The smallest absolute Gasteiger partial charge is 0.296 e. The first-order valence-electron chi connectivity index (χ1n) is 4.37. The van der Waals surface area contributed by atoms with Gasteiger partial charge in [0.1, 0.15) is 4.90 Å². The number of benzene rings is 1. The monoisotopic (exact) mass is 244 g/mol. The Labute approximate surface area is 93.2 Å². The molecule has 1 aromatic carbocycles. The number of amides is 1. The van der Waals surface area contributed by atoms with E-state index in [0.29, 0.717) is 11.3 Å². The van der Waals surface area contributed by atoms with E-state index in [0.717, 1.165) is 0 Å². The lowest BCUT2D eigenvalue weighted by atomic mass is 10.2. The Morgan fingerprint density at radius 1 is 1.44 bits per heavy atom. The Morgan fingerprint density at radius 2 is 2.00 bits per heavy atom. The fourth-order valence-corrected chi connectivity index (χ4v) is 1.91. The number of nitrogen functional groups attached to an aromatic ring is 1. The van der Waals surface area contributed by atoms with Gasteiger partial charge in [0.25, 0.3) is 10.1 Å². The zero-order chi connectivity index (χ0) is 12.5. The van der Waals surface area contributed by atoms with Crippen molar-refractivity contribution < 1.29 is 17.8 Å². The molecule has 1 amide bonds. The van der Waals surface area contributed by atoms with Crippen LogP contribution in [0.25, 0.3) is 0 Å². The van der Waals surface area contributed by atoms with Gasteiger partial charge in [-0.2, -0.15) is 8.42 Å². The quantitative estimate of drug-likeness (QED) is 0.526. The summed E-state index contributed by atoms with van der Waals surface area (Å²) in [6.07, 6.45) is 0. The molecule has 0 fully saturated rings. The van der Waals surface area contributed by atoms with Crippen LogP contribution >= 0.6 is 0 Å². The highest BCUT2D eigenvalue weighted by Gasteiger charge is 2.17. The standard InChI is InChI=1S/C9H12N2O4S/c1-5-3-9(16(13,14)15)8(4-7(5)10)11-6(2)12/h3-4H,10H2,1-2H3,(H,11,12)(H,13,14,15). The second-order valence-electron chi connectivity index (χ2n) is 3.36. The lowest BCUT2D eigenvalue weighted by molar-refractivity contribution is -0.114. The summed E-state index contributed by atoms with van der Waals surface area (Å²) >= 11 is 0. The van der Waals surface area contributed by atoms with E-state index in [4.69, 9.17) is 10.3 Å². The SMILES string of the molecule is CC(=O)Nc1cc(N)c(C)cc1S(=O)(=O)O. The Balaban J connectivity index is 3.45. The van der Waals surface area contributed by atoms with E-state index < -0.39 is 16.0 Å². The van der Waals surface area contributed by atoms with Crippen LogP contribution in [0.1, 0.15) is 12.5 Å². The molecule has 1 aromatic rings. The summed E-state index contributed by atoms with van der Waals surface area (Å²) in [5.74, 6) is -0.451. The number of anilines is 2. The van der Waals surface area contributed by atoms with Gasteiger partial charge in [-0.3, -0.25) is 9.35 Å². The van der Waals surface area contributed by atoms with Gasteiger partial charge in [-0.05, 0) is 24.6 Å². The molecule has 88 valence electrons. The van der Waals surface area contributed by atoms with Gasteiger partial charge in [-0.25, -0.2) is 0 Å². The Morgan fingerprint density at radius 3 is 2.44 bits per heavy atom. The van der Waals surface area contributed by atoms with E-state index in [1.54, 1.807) is 6.92 Å². The summed E-state index contributed by atoms with van der Waals surface area (Å²) in [6.45, 7) is 2.82. The number of rotatable bonds is 2. The molecule has 0 atom stereocenters. The van der Waals surface area contributed by atoms with Gasteiger partial charge < -0.3 is 11.1 Å². The summed E-state index contributed by atoms with van der Waals surface area (Å²) < 4.78 is 31.1. The first-order chi connectivity index (χ1) is 7.21. The molecule has 0 aliphatic carbocycles. The van der Waals surface area contributed by atoms with E-state index in [2.05, 4.69) is 5.32 Å². The van der Waals surface area contributed by atoms with Crippen LogP contribution in [0.5, 0.6) is 0 Å². The third kappa shape index (κ3) is 2.71. The maximum Gasteiger partial charge on any atom is 0.296 e. The van der Waals surface area contributed by atoms with Gasteiger partial charge in [0, 0.05) is 12.6 Å². The van der Waals surface area contributed by atoms with Crippen molar-refractivity contribution in [2.75, 3.05) is 11.1 Å². The minimum Gasteiger partial charge on any atom is -0.398 e. The fraction of sp³-hybridized carbons (Fsp3) is 0.222. The molecule has 1 rings (SSSR count). The highest BCUT2D eigenvalue weighted by molar-refractivity contribution is 7.86. The Hall–Kier alpha value is -1.60. The lowest BCUT2D eigenvalue weighted by Gasteiger charge is -2.10. The van der Waals surface area contributed by atoms with Gasteiger partial charge in [0.2, 0.25) is 5.91 Å². The molecule has 0 heterocycles. The van der Waals surface area contributed by atoms with Crippen molar-refractivity contribution in [1.29, 1.82) is 0 Å². The van der Waals surface area contributed by atoms with Crippen LogP contribution < -0.4 is 11.1 Å². The normalized spacial score (nSPS) is 11.2.